The van der Waals surface area contributed by atoms with Crippen molar-refractivity contribution >= 4 is 0 Å². The van der Waals surface area contributed by atoms with E-state index in [1.54, 1.807) is 6.92 Å². The van der Waals surface area contributed by atoms with Gasteiger partial charge in [-0.3, -0.25) is 0 Å². The molecule has 0 spiro atoms. The Morgan fingerprint density at radius 1 is 0.381 bits per heavy atom. The lowest BCUT2D eigenvalue weighted by molar-refractivity contribution is -0.397. The highest BCUT2D eigenvalue weighted by atomic mass is 19.4. The van der Waals surface area contributed by atoms with Gasteiger partial charge in [-0.15, -0.1) is 0 Å². The molecule has 0 aromatic rings. The van der Waals surface area contributed by atoms with Crippen LogP contribution in [0.5, 0.6) is 0 Å². The lowest BCUT2D eigenvalue weighted by atomic mass is 9.73. The Labute approximate surface area is 229 Å². The molecule has 0 aromatic carbocycles. The van der Waals surface area contributed by atoms with Crippen molar-refractivity contribution in [3.63, 3.8) is 0 Å². The number of nitrogens with two attached hydrogens (primary N) is 1. The molecule has 0 atom stereocenters. The van der Waals surface area contributed by atoms with Gasteiger partial charge in [0.1, 0.15) is 0 Å². The molecule has 19 heteroatoms. The summed E-state index contributed by atoms with van der Waals surface area (Å²) < 4.78 is 236. The maximum absolute atomic E-state index is 13.9. The van der Waals surface area contributed by atoms with E-state index in [1.165, 1.54) is 0 Å². The summed E-state index contributed by atoms with van der Waals surface area (Å²) in [6.07, 6.45) is -20.6. The van der Waals surface area contributed by atoms with E-state index in [1.807, 2.05) is 0 Å². The Balaban J connectivity index is 5.86. The predicted octanol–water partition coefficient (Wildman–Crippen LogP) is 10.6. The van der Waals surface area contributed by atoms with Gasteiger partial charge in [0.2, 0.25) is 0 Å². The average Bonchev–Trinajstić information content (AvgIpc) is 2.81. The number of hydrogen-bond acceptors (Lipinski definition) is 1. The molecule has 0 bridgehead atoms. The van der Waals surface area contributed by atoms with Crippen molar-refractivity contribution in [3.8, 4) is 0 Å². The maximum Gasteiger partial charge on any atom is 0.460 e. The van der Waals surface area contributed by atoms with Gasteiger partial charge in [0.15, 0.2) is 0 Å². The molecular weight excluding hydrogens is 632 g/mol. The fourth-order valence-corrected chi connectivity index (χ4v) is 4.28. The van der Waals surface area contributed by atoms with Crippen molar-refractivity contribution < 1.29 is 79.0 Å². The molecule has 0 saturated heterocycles. The SMILES string of the molecule is CCCCCCCC(CN)(CCCC(F)(F)C(F)(F)C(F)(F)C(F)(F)F)CCCC(F)(F)C(F)(F)C(F)(F)C(F)(F)F. The third-order valence-corrected chi connectivity index (χ3v) is 7.06. The molecule has 0 rings (SSSR count). The van der Waals surface area contributed by atoms with Gasteiger partial charge in [0.05, 0.1) is 0 Å². The van der Waals surface area contributed by atoms with Crippen molar-refractivity contribution in [2.75, 3.05) is 6.54 Å². The van der Waals surface area contributed by atoms with Gasteiger partial charge < -0.3 is 5.73 Å². The Morgan fingerprint density at radius 3 is 0.976 bits per heavy atom. The molecule has 2 N–H and O–H groups in total. The maximum atomic E-state index is 13.9. The topological polar surface area (TPSA) is 26.0 Å². The van der Waals surface area contributed by atoms with Gasteiger partial charge in [-0.2, -0.15) is 79.0 Å². The third kappa shape index (κ3) is 8.66. The molecule has 0 aliphatic rings. The van der Waals surface area contributed by atoms with E-state index in [9.17, 15) is 79.0 Å². The lowest BCUT2D eigenvalue weighted by Crippen LogP contribution is -2.60. The Kier molecular flexibility index (Phi) is 13.3. The predicted molar refractivity (Wildman–Crippen MR) is 114 cm³/mol. The Hall–Kier alpha value is -1.30. The highest BCUT2D eigenvalue weighted by Gasteiger charge is 2.82. The minimum absolute atomic E-state index is 0.134. The van der Waals surface area contributed by atoms with E-state index < -0.39 is 98.4 Å². The molecule has 0 aromatic heterocycles. The lowest BCUT2D eigenvalue weighted by Gasteiger charge is -2.37. The third-order valence-electron chi connectivity index (χ3n) is 7.06. The van der Waals surface area contributed by atoms with Crippen LogP contribution in [0.4, 0.5) is 79.0 Å². The normalized spacial score (nSPS) is 15.4. The van der Waals surface area contributed by atoms with E-state index in [2.05, 4.69) is 0 Å². The van der Waals surface area contributed by atoms with Gasteiger partial charge in [-0.25, -0.2) is 0 Å². The van der Waals surface area contributed by atoms with Gasteiger partial charge in [-0.1, -0.05) is 39.0 Å². The van der Waals surface area contributed by atoms with Crippen LogP contribution < -0.4 is 5.73 Å². The largest absolute Gasteiger partial charge is 0.460 e. The first-order valence-electron chi connectivity index (χ1n) is 12.6. The molecule has 0 aliphatic heterocycles. The molecule has 0 fully saturated rings. The van der Waals surface area contributed by atoms with Gasteiger partial charge >= 0.3 is 47.9 Å². The second-order valence-corrected chi connectivity index (χ2v) is 10.3. The van der Waals surface area contributed by atoms with Crippen LogP contribution >= 0.6 is 0 Å². The molecule has 0 radical (unpaired) electrons. The van der Waals surface area contributed by atoms with Crippen LogP contribution in [0.25, 0.3) is 0 Å². The molecule has 0 saturated carbocycles. The molecule has 1 nitrogen and oxygen atoms in total. The second kappa shape index (κ2) is 13.8. The van der Waals surface area contributed by atoms with E-state index in [4.69, 9.17) is 5.73 Å². The van der Waals surface area contributed by atoms with Crippen molar-refractivity contribution in [3.05, 3.63) is 0 Å². The van der Waals surface area contributed by atoms with Crippen molar-refractivity contribution in [2.45, 2.75) is 132 Å². The highest BCUT2D eigenvalue weighted by Crippen LogP contribution is 2.56. The van der Waals surface area contributed by atoms with Crippen LogP contribution in [0, 0.1) is 5.41 Å². The Bertz CT molecular complexity index is 759. The molecule has 0 heterocycles. The van der Waals surface area contributed by atoms with E-state index in [0.29, 0.717) is 19.3 Å². The number of alkyl halides is 18. The van der Waals surface area contributed by atoms with Crippen molar-refractivity contribution in [1.82, 2.24) is 0 Å². The zero-order chi connectivity index (χ0) is 33.7. The van der Waals surface area contributed by atoms with E-state index in [-0.39, 0.29) is 12.8 Å². The minimum Gasteiger partial charge on any atom is -0.330 e. The van der Waals surface area contributed by atoms with Crippen molar-refractivity contribution in [1.29, 1.82) is 0 Å². The van der Waals surface area contributed by atoms with Crippen LogP contribution in [0.3, 0.4) is 0 Å². The van der Waals surface area contributed by atoms with Gasteiger partial charge in [0, 0.05) is 12.8 Å². The highest BCUT2D eigenvalue weighted by molar-refractivity contribution is 5.01. The summed E-state index contributed by atoms with van der Waals surface area (Å²) in [5, 5.41) is 0. The van der Waals surface area contributed by atoms with Crippen LogP contribution in [-0.4, -0.2) is 54.4 Å². The minimum atomic E-state index is -7.15. The molecule has 42 heavy (non-hydrogen) atoms. The summed E-state index contributed by atoms with van der Waals surface area (Å²) in [6.45, 7) is 1.13. The number of rotatable bonds is 19. The Morgan fingerprint density at radius 2 is 0.690 bits per heavy atom. The molecule has 0 aliphatic carbocycles. The zero-order valence-corrected chi connectivity index (χ0v) is 22.1. The monoisotopic (exact) mass is 663 g/mol. The summed E-state index contributed by atoms with van der Waals surface area (Å²) in [4.78, 5) is 0. The standard InChI is InChI=1S/C23H31F18N/c1-2-3-4-5-6-9-15(14-42,10-7-12-16(24,25)18(28,29)20(32,33)22(36,37)38)11-8-13-17(26,27)19(30,31)21(34,35)23(39,40)41/h2-14,42H2,1H3. The van der Waals surface area contributed by atoms with Gasteiger partial charge in [-0.05, 0) is 44.1 Å². The van der Waals surface area contributed by atoms with Crippen molar-refractivity contribution in [2.24, 2.45) is 11.1 Å². The summed E-state index contributed by atoms with van der Waals surface area (Å²) in [6, 6.07) is 0. The molecule has 0 amide bonds. The van der Waals surface area contributed by atoms with Gasteiger partial charge in [0.25, 0.3) is 0 Å². The number of hydrogen-bond donors (Lipinski definition) is 1. The molecular formula is C23H31F18N. The number of halogens is 18. The zero-order valence-electron chi connectivity index (χ0n) is 22.1. The fourth-order valence-electron chi connectivity index (χ4n) is 4.28. The first-order valence-corrected chi connectivity index (χ1v) is 12.6. The number of unbranched alkanes of at least 4 members (excludes halogenated alkanes) is 4. The quantitative estimate of drug-likeness (QED) is 0.108. The van der Waals surface area contributed by atoms with Crippen LogP contribution in [0.1, 0.15) is 84.0 Å². The first kappa shape index (κ1) is 40.7. The molecule has 0 unspecified atom stereocenters. The smallest absolute Gasteiger partial charge is 0.330 e. The van der Waals surface area contributed by atoms with Crippen LogP contribution in [0.15, 0.2) is 0 Å². The van der Waals surface area contributed by atoms with E-state index >= 15 is 0 Å². The summed E-state index contributed by atoms with van der Waals surface area (Å²) in [7, 11) is 0. The average molecular weight is 663 g/mol. The summed E-state index contributed by atoms with van der Waals surface area (Å²) >= 11 is 0. The first-order chi connectivity index (χ1) is 18.5. The fraction of sp³-hybridized carbons (Fsp3) is 1.00. The van der Waals surface area contributed by atoms with Crippen LogP contribution in [0.2, 0.25) is 0 Å². The molecule has 254 valence electrons. The summed E-state index contributed by atoms with van der Waals surface area (Å²) in [5.74, 6) is -40.0. The summed E-state index contributed by atoms with van der Waals surface area (Å²) in [5.41, 5.74) is 3.87. The second-order valence-electron chi connectivity index (χ2n) is 10.3. The van der Waals surface area contributed by atoms with Crippen LogP contribution in [-0.2, 0) is 0 Å². The van der Waals surface area contributed by atoms with E-state index in [0.717, 1.165) is 6.42 Å².